The average Bonchev–Trinajstić information content (AvgIpc) is 3.48. The number of hydrogen-bond donors (Lipinski definition) is 2. The third-order valence-corrected chi connectivity index (χ3v) is 7.76. The van der Waals surface area contributed by atoms with Gasteiger partial charge in [-0.3, -0.25) is 14.5 Å². The minimum atomic E-state index is -0.402. The van der Waals surface area contributed by atoms with E-state index in [1.807, 2.05) is 12.1 Å². The SMILES string of the molecule is O=C(NCCN1CCOCC1)c1ccc(Nc2c(Oc3ccc4c(c3)CCC4)cnn(-c3cccc(Cl)c3)c2=O)cc1. The molecule has 0 atom stereocenters. The molecule has 0 unspecified atom stereocenters. The van der Waals surface area contributed by atoms with Crippen LogP contribution in [0, 0.1) is 0 Å². The van der Waals surface area contributed by atoms with Gasteiger partial charge in [-0.15, -0.1) is 0 Å². The number of nitrogens with zero attached hydrogens (tertiary/aromatic N) is 3. The molecule has 6 rings (SSSR count). The highest BCUT2D eigenvalue weighted by atomic mass is 35.5. The van der Waals surface area contributed by atoms with E-state index in [1.165, 1.54) is 22.0 Å². The zero-order valence-corrected chi connectivity index (χ0v) is 23.9. The van der Waals surface area contributed by atoms with Gasteiger partial charge in [-0.25, -0.2) is 0 Å². The number of aromatic nitrogens is 2. The first-order chi connectivity index (χ1) is 20.5. The lowest BCUT2D eigenvalue weighted by Gasteiger charge is -2.26. The minimum Gasteiger partial charge on any atom is -0.453 e. The maximum absolute atomic E-state index is 13.7. The number of anilines is 2. The van der Waals surface area contributed by atoms with Crippen molar-refractivity contribution in [2.45, 2.75) is 19.3 Å². The number of fused-ring (bicyclic) bond motifs is 1. The molecule has 2 N–H and O–H groups in total. The van der Waals surface area contributed by atoms with Crippen LogP contribution in [0.15, 0.2) is 77.7 Å². The molecule has 1 fully saturated rings. The van der Waals surface area contributed by atoms with E-state index in [1.54, 1.807) is 48.5 Å². The van der Waals surface area contributed by atoms with E-state index in [-0.39, 0.29) is 11.6 Å². The molecule has 3 aromatic carbocycles. The van der Waals surface area contributed by atoms with Crippen LogP contribution in [0.3, 0.4) is 0 Å². The van der Waals surface area contributed by atoms with Gasteiger partial charge in [0.25, 0.3) is 11.5 Å². The highest BCUT2D eigenvalue weighted by molar-refractivity contribution is 6.30. The summed E-state index contributed by atoms with van der Waals surface area (Å²) in [4.78, 5) is 28.7. The molecule has 0 saturated carbocycles. The van der Waals surface area contributed by atoms with Crippen LogP contribution in [0.1, 0.15) is 27.9 Å². The summed E-state index contributed by atoms with van der Waals surface area (Å²) in [6.07, 6.45) is 4.74. The maximum atomic E-state index is 13.7. The maximum Gasteiger partial charge on any atom is 0.299 e. The summed E-state index contributed by atoms with van der Waals surface area (Å²) in [5.41, 5.74) is 4.10. The molecule has 2 heterocycles. The number of morpholine rings is 1. The molecule has 1 amide bonds. The zero-order valence-electron chi connectivity index (χ0n) is 23.1. The molecule has 1 saturated heterocycles. The monoisotopic (exact) mass is 585 g/mol. The lowest BCUT2D eigenvalue weighted by Crippen LogP contribution is -2.41. The number of carbonyl (C=O) groups excluding carboxylic acids is 1. The Morgan fingerprint density at radius 3 is 2.62 bits per heavy atom. The third-order valence-electron chi connectivity index (χ3n) is 7.53. The summed E-state index contributed by atoms with van der Waals surface area (Å²) in [6.45, 7) is 4.55. The Balaban J connectivity index is 1.22. The Labute approximate surface area is 249 Å². The number of aryl methyl sites for hydroxylation is 2. The highest BCUT2D eigenvalue weighted by Gasteiger charge is 2.18. The molecule has 1 aromatic heterocycles. The van der Waals surface area contributed by atoms with Gasteiger partial charge >= 0.3 is 0 Å². The number of hydrogen-bond acceptors (Lipinski definition) is 7. The number of halogens is 1. The molecule has 0 spiro atoms. The molecular formula is C32H32ClN5O4. The molecule has 42 heavy (non-hydrogen) atoms. The van der Waals surface area contributed by atoms with E-state index in [4.69, 9.17) is 21.1 Å². The smallest absolute Gasteiger partial charge is 0.299 e. The summed E-state index contributed by atoms with van der Waals surface area (Å²) in [7, 11) is 0. The Bertz CT molecular complexity index is 1630. The second kappa shape index (κ2) is 12.8. The predicted molar refractivity (Wildman–Crippen MR) is 163 cm³/mol. The van der Waals surface area contributed by atoms with Crippen molar-refractivity contribution in [3.05, 3.63) is 105 Å². The number of amides is 1. The lowest BCUT2D eigenvalue weighted by atomic mass is 10.1. The standard InChI is InChI=1S/C32H32ClN5O4/c33-25-5-2-6-27(20-25)38-32(40)30(29(21-35-38)42-28-12-9-22-3-1-4-24(22)19-28)36-26-10-7-23(8-11-26)31(39)34-13-14-37-15-17-41-18-16-37/h2,5-12,19-21,36H,1,3-4,13-18H2,(H,34,39). The number of ether oxygens (including phenoxy) is 2. The van der Waals surface area contributed by atoms with Crippen LogP contribution in [0.4, 0.5) is 11.4 Å². The number of nitrogens with one attached hydrogen (secondary N) is 2. The number of carbonyl (C=O) groups is 1. The first-order valence-corrected chi connectivity index (χ1v) is 14.5. The van der Waals surface area contributed by atoms with Gasteiger partial charge in [0.1, 0.15) is 5.75 Å². The molecule has 0 bridgehead atoms. The van der Waals surface area contributed by atoms with Crippen molar-refractivity contribution < 1.29 is 14.3 Å². The van der Waals surface area contributed by atoms with Gasteiger partial charge in [0.15, 0.2) is 11.4 Å². The summed E-state index contributed by atoms with van der Waals surface area (Å²) in [5.74, 6) is 0.785. The van der Waals surface area contributed by atoms with Crippen molar-refractivity contribution in [3.8, 4) is 17.2 Å². The molecule has 10 heteroatoms. The average molecular weight is 586 g/mol. The molecule has 1 aliphatic heterocycles. The van der Waals surface area contributed by atoms with Crippen molar-refractivity contribution in [1.29, 1.82) is 0 Å². The lowest BCUT2D eigenvalue weighted by molar-refractivity contribution is 0.0383. The number of benzene rings is 3. The van der Waals surface area contributed by atoms with E-state index in [2.05, 4.69) is 26.7 Å². The summed E-state index contributed by atoms with van der Waals surface area (Å²) in [5, 5.41) is 11.1. The van der Waals surface area contributed by atoms with Gasteiger partial charge in [-0.05, 0) is 85.0 Å². The third kappa shape index (κ3) is 6.49. The first kappa shape index (κ1) is 28.0. The second-order valence-electron chi connectivity index (χ2n) is 10.4. The van der Waals surface area contributed by atoms with Crippen molar-refractivity contribution in [2.24, 2.45) is 0 Å². The van der Waals surface area contributed by atoms with Crippen LogP contribution in [0.5, 0.6) is 11.5 Å². The molecule has 4 aromatic rings. The van der Waals surface area contributed by atoms with E-state index in [0.717, 1.165) is 52.1 Å². The molecule has 0 radical (unpaired) electrons. The Morgan fingerprint density at radius 1 is 1.00 bits per heavy atom. The summed E-state index contributed by atoms with van der Waals surface area (Å²) in [6, 6.07) is 19.9. The highest BCUT2D eigenvalue weighted by Crippen LogP contribution is 2.32. The van der Waals surface area contributed by atoms with Gasteiger partial charge in [-0.2, -0.15) is 9.78 Å². The Morgan fingerprint density at radius 2 is 1.81 bits per heavy atom. The Kier molecular flexibility index (Phi) is 8.50. The van der Waals surface area contributed by atoms with E-state index >= 15 is 0 Å². The Hall–Kier alpha value is -4.18. The van der Waals surface area contributed by atoms with Gasteiger partial charge < -0.3 is 20.1 Å². The van der Waals surface area contributed by atoms with Crippen LogP contribution in [-0.2, 0) is 17.6 Å². The van der Waals surface area contributed by atoms with Gasteiger partial charge in [0.2, 0.25) is 0 Å². The molecule has 9 nitrogen and oxygen atoms in total. The van der Waals surface area contributed by atoms with Crippen LogP contribution >= 0.6 is 11.6 Å². The second-order valence-corrected chi connectivity index (χ2v) is 10.8. The molecule has 216 valence electrons. The quantitative estimate of drug-likeness (QED) is 0.286. The van der Waals surface area contributed by atoms with E-state index < -0.39 is 5.56 Å². The predicted octanol–water partition coefficient (Wildman–Crippen LogP) is 4.97. The molecule has 2 aliphatic rings. The fraction of sp³-hybridized carbons (Fsp3) is 0.281. The van der Waals surface area contributed by atoms with Gasteiger partial charge in [0, 0.05) is 42.5 Å². The fourth-order valence-electron chi connectivity index (χ4n) is 5.26. The molecule has 1 aliphatic carbocycles. The number of rotatable bonds is 9. The largest absolute Gasteiger partial charge is 0.453 e. The minimum absolute atomic E-state index is 0.150. The van der Waals surface area contributed by atoms with Crippen LogP contribution in [0.2, 0.25) is 5.02 Å². The normalized spacial score (nSPS) is 14.8. The van der Waals surface area contributed by atoms with Crippen molar-refractivity contribution in [2.75, 3.05) is 44.7 Å². The van der Waals surface area contributed by atoms with Crippen LogP contribution < -0.4 is 20.9 Å². The van der Waals surface area contributed by atoms with Crippen LogP contribution in [0.25, 0.3) is 5.69 Å². The van der Waals surface area contributed by atoms with Gasteiger partial charge in [0.05, 0.1) is 25.1 Å². The van der Waals surface area contributed by atoms with Crippen molar-refractivity contribution in [3.63, 3.8) is 0 Å². The fourth-order valence-corrected chi connectivity index (χ4v) is 5.45. The zero-order chi connectivity index (χ0) is 28.9. The van der Waals surface area contributed by atoms with Gasteiger partial charge in [-0.1, -0.05) is 23.7 Å². The van der Waals surface area contributed by atoms with E-state index in [9.17, 15) is 9.59 Å². The topological polar surface area (TPSA) is 97.7 Å². The summed E-state index contributed by atoms with van der Waals surface area (Å²) >= 11 is 6.19. The first-order valence-electron chi connectivity index (χ1n) is 14.2. The summed E-state index contributed by atoms with van der Waals surface area (Å²) < 4.78 is 12.9. The van der Waals surface area contributed by atoms with Crippen molar-refractivity contribution in [1.82, 2.24) is 20.0 Å². The molecular weight excluding hydrogens is 554 g/mol. The van der Waals surface area contributed by atoms with E-state index in [0.29, 0.717) is 40.0 Å². The van der Waals surface area contributed by atoms with Crippen molar-refractivity contribution >= 4 is 28.9 Å². The van der Waals surface area contributed by atoms with Crippen LogP contribution in [-0.4, -0.2) is 60.0 Å².